The van der Waals surface area contributed by atoms with Gasteiger partial charge in [0, 0.05) is 0 Å². The predicted octanol–water partition coefficient (Wildman–Crippen LogP) is 3.13. The molecule has 0 spiro atoms. The van der Waals surface area contributed by atoms with Gasteiger partial charge < -0.3 is 4.42 Å². The average molecular weight is 256 g/mol. The Morgan fingerprint density at radius 1 is 1.21 bits per heavy atom. The molecule has 0 aliphatic rings. The number of benzene rings is 1. The van der Waals surface area contributed by atoms with Crippen molar-refractivity contribution >= 4 is 11.6 Å². The molecule has 4 nitrogen and oxygen atoms in total. The Bertz CT molecular complexity index is 585. The van der Waals surface area contributed by atoms with Crippen LogP contribution in [0.5, 0.6) is 0 Å². The molecule has 1 aromatic heterocycles. The summed E-state index contributed by atoms with van der Waals surface area (Å²) in [6, 6.07) is 13.1. The van der Waals surface area contributed by atoms with E-state index in [0.717, 1.165) is 17.7 Å². The van der Waals surface area contributed by atoms with Gasteiger partial charge in [-0.25, -0.2) is 5.43 Å². The normalized spacial score (nSPS) is 11.4. The van der Waals surface area contributed by atoms with Crippen molar-refractivity contribution in [3.63, 3.8) is 0 Å². The zero-order valence-electron chi connectivity index (χ0n) is 11.0. The SMILES string of the molecule is CC/C(=N\NC(=O)c1ccc(C)o1)c1ccccc1. The van der Waals surface area contributed by atoms with Crippen molar-refractivity contribution in [3.05, 3.63) is 59.5 Å². The van der Waals surface area contributed by atoms with Crippen molar-refractivity contribution in [2.75, 3.05) is 0 Å². The Kier molecular flexibility index (Phi) is 4.13. The fourth-order valence-electron chi connectivity index (χ4n) is 1.71. The van der Waals surface area contributed by atoms with Crippen LogP contribution in [0.2, 0.25) is 0 Å². The quantitative estimate of drug-likeness (QED) is 0.675. The van der Waals surface area contributed by atoms with Crippen LogP contribution in [0.3, 0.4) is 0 Å². The highest BCUT2D eigenvalue weighted by molar-refractivity contribution is 6.01. The number of furan rings is 1. The summed E-state index contributed by atoms with van der Waals surface area (Å²) in [5.41, 5.74) is 4.35. The van der Waals surface area contributed by atoms with Gasteiger partial charge in [-0.3, -0.25) is 4.79 Å². The number of rotatable bonds is 4. The van der Waals surface area contributed by atoms with E-state index in [1.54, 1.807) is 19.1 Å². The van der Waals surface area contributed by atoms with E-state index in [4.69, 9.17) is 4.42 Å². The number of hydrogen-bond donors (Lipinski definition) is 1. The summed E-state index contributed by atoms with van der Waals surface area (Å²) in [7, 11) is 0. The zero-order valence-corrected chi connectivity index (χ0v) is 11.0. The molecule has 19 heavy (non-hydrogen) atoms. The maximum absolute atomic E-state index is 11.8. The van der Waals surface area contributed by atoms with Crippen molar-refractivity contribution in [3.8, 4) is 0 Å². The second-order valence-electron chi connectivity index (χ2n) is 4.13. The van der Waals surface area contributed by atoms with Gasteiger partial charge in [-0.15, -0.1) is 0 Å². The molecule has 0 saturated heterocycles. The van der Waals surface area contributed by atoms with Gasteiger partial charge in [0.25, 0.3) is 0 Å². The van der Waals surface area contributed by atoms with Gasteiger partial charge in [0.15, 0.2) is 5.76 Å². The highest BCUT2D eigenvalue weighted by atomic mass is 16.3. The maximum atomic E-state index is 11.8. The predicted molar refractivity (Wildman–Crippen MR) is 74.2 cm³/mol. The van der Waals surface area contributed by atoms with E-state index in [2.05, 4.69) is 10.5 Å². The van der Waals surface area contributed by atoms with Crippen molar-refractivity contribution in [2.24, 2.45) is 5.10 Å². The van der Waals surface area contributed by atoms with Crippen molar-refractivity contribution in [2.45, 2.75) is 20.3 Å². The van der Waals surface area contributed by atoms with E-state index in [0.29, 0.717) is 5.76 Å². The fourth-order valence-corrected chi connectivity index (χ4v) is 1.71. The Hall–Kier alpha value is -2.36. The molecular weight excluding hydrogens is 240 g/mol. The first-order valence-corrected chi connectivity index (χ1v) is 6.19. The molecule has 2 aromatic rings. The van der Waals surface area contributed by atoms with Gasteiger partial charge in [-0.2, -0.15) is 5.10 Å². The molecule has 1 N–H and O–H groups in total. The van der Waals surface area contributed by atoms with Gasteiger partial charge >= 0.3 is 5.91 Å². The first-order chi connectivity index (χ1) is 9.20. The molecule has 0 atom stereocenters. The Labute approximate surface area is 112 Å². The topological polar surface area (TPSA) is 54.6 Å². The first kappa shape index (κ1) is 13.1. The van der Waals surface area contributed by atoms with Gasteiger partial charge in [0.2, 0.25) is 0 Å². The lowest BCUT2D eigenvalue weighted by atomic mass is 10.1. The minimum Gasteiger partial charge on any atom is -0.456 e. The highest BCUT2D eigenvalue weighted by Crippen LogP contribution is 2.07. The summed E-state index contributed by atoms with van der Waals surface area (Å²) in [6.07, 6.45) is 0.738. The molecule has 0 aliphatic carbocycles. The van der Waals surface area contributed by atoms with Crippen molar-refractivity contribution in [1.82, 2.24) is 5.43 Å². The lowest BCUT2D eigenvalue weighted by Crippen LogP contribution is -2.19. The molecule has 1 amide bonds. The maximum Gasteiger partial charge on any atom is 0.307 e. The number of hydrogen-bond acceptors (Lipinski definition) is 3. The van der Waals surface area contributed by atoms with Gasteiger partial charge in [-0.1, -0.05) is 37.3 Å². The lowest BCUT2D eigenvalue weighted by molar-refractivity contribution is 0.0926. The molecule has 98 valence electrons. The standard InChI is InChI=1S/C15H16N2O2/c1-3-13(12-7-5-4-6-8-12)16-17-15(18)14-10-9-11(2)19-14/h4-10H,3H2,1-2H3,(H,17,18)/b16-13+. The second-order valence-corrected chi connectivity index (χ2v) is 4.13. The monoisotopic (exact) mass is 256 g/mol. The van der Waals surface area contributed by atoms with E-state index in [1.807, 2.05) is 37.3 Å². The van der Waals surface area contributed by atoms with E-state index in [-0.39, 0.29) is 11.7 Å². The third-order valence-corrected chi connectivity index (χ3v) is 2.70. The molecule has 0 bridgehead atoms. The lowest BCUT2D eigenvalue weighted by Gasteiger charge is -2.04. The molecule has 0 aliphatic heterocycles. The Morgan fingerprint density at radius 2 is 1.95 bits per heavy atom. The van der Waals surface area contributed by atoms with Crippen molar-refractivity contribution in [1.29, 1.82) is 0 Å². The van der Waals surface area contributed by atoms with E-state index >= 15 is 0 Å². The third kappa shape index (κ3) is 3.31. The number of nitrogens with one attached hydrogen (secondary N) is 1. The summed E-state index contributed by atoms with van der Waals surface area (Å²) in [6.45, 7) is 3.79. The molecule has 0 fully saturated rings. The molecule has 2 rings (SSSR count). The number of aryl methyl sites for hydroxylation is 1. The molecule has 0 radical (unpaired) electrons. The Morgan fingerprint density at radius 3 is 2.53 bits per heavy atom. The average Bonchev–Trinajstić information content (AvgIpc) is 2.87. The van der Waals surface area contributed by atoms with Gasteiger partial charge in [0.1, 0.15) is 5.76 Å². The van der Waals surface area contributed by atoms with Crippen LogP contribution in [0.1, 0.15) is 35.2 Å². The number of carbonyl (C=O) groups excluding carboxylic acids is 1. The third-order valence-electron chi connectivity index (χ3n) is 2.70. The van der Waals surface area contributed by atoms with E-state index in [1.165, 1.54) is 0 Å². The first-order valence-electron chi connectivity index (χ1n) is 6.19. The highest BCUT2D eigenvalue weighted by Gasteiger charge is 2.09. The summed E-state index contributed by atoms with van der Waals surface area (Å²) in [4.78, 5) is 11.8. The van der Waals surface area contributed by atoms with Crippen LogP contribution in [0, 0.1) is 6.92 Å². The second kappa shape index (κ2) is 6.00. The largest absolute Gasteiger partial charge is 0.456 e. The minimum atomic E-state index is -0.338. The molecule has 1 aromatic carbocycles. The number of amides is 1. The molecule has 0 unspecified atom stereocenters. The van der Waals surface area contributed by atoms with E-state index in [9.17, 15) is 4.79 Å². The number of nitrogens with zero attached hydrogens (tertiary/aromatic N) is 1. The number of carbonyl (C=O) groups is 1. The summed E-state index contributed by atoms with van der Waals surface area (Å²) in [5, 5.41) is 4.16. The number of hydrazone groups is 1. The van der Waals surface area contributed by atoms with Crippen LogP contribution < -0.4 is 5.43 Å². The van der Waals surface area contributed by atoms with Crippen LogP contribution in [-0.2, 0) is 0 Å². The summed E-state index contributed by atoms with van der Waals surface area (Å²) in [5.74, 6) is 0.632. The van der Waals surface area contributed by atoms with Crippen LogP contribution >= 0.6 is 0 Å². The Balaban J connectivity index is 2.10. The molecular formula is C15H16N2O2. The van der Waals surface area contributed by atoms with Crippen LogP contribution in [0.4, 0.5) is 0 Å². The summed E-state index contributed by atoms with van der Waals surface area (Å²) >= 11 is 0. The molecule has 4 heteroatoms. The minimum absolute atomic E-state index is 0.268. The van der Waals surface area contributed by atoms with Crippen LogP contribution in [-0.4, -0.2) is 11.6 Å². The molecule has 1 heterocycles. The summed E-state index contributed by atoms with van der Waals surface area (Å²) < 4.78 is 5.24. The van der Waals surface area contributed by atoms with E-state index < -0.39 is 0 Å². The van der Waals surface area contributed by atoms with Crippen LogP contribution in [0.25, 0.3) is 0 Å². The smallest absolute Gasteiger partial charge is 0.307 e. The zero-order chi connectivity index (χ0) is 13.7. The molecule has 0 saturated carbocycles. The van der Waals surface area contributed by atoms with Crippen LogP contribution in [0.15, 0.2) is 52.0 Å². The van der Waals surface area contributed by atoms with Gasteiger partial charge in [0.05, 0.1) is 5.71 Å². The van der Waals surface area contributed by atoms with Crippen molar-refractivity contribution < 1.29 is 9.21 Å². The fraction of sp³-hybridized carbons (Fsp3) is 0.200. The van der Waals surface area contributed by atoms with Gasteiger partial charge in [-0.05, 0) is 31.0 Å².